The number of aryl methyl sites for hydroxylation is 1. The number of aromatic nitrogens is 1. The van der Waals surface area contributed by atoms with Crippen molar-refractivity contribution in [1.29, 1.82) is 0 Å². The largest absolute Gasteiger partial charge is 0.573 e. The summed E-state index contributed by atoms with van der Waals surface area (Å²) in [6.45, 7) is 1.76. The van der Waals surface area contributed by atoms with Crippen LogP contribution in [0.5, 0.6) is 17.2 Å². The van der Waals surface area contributed by atoms with Gasteiger partial charge in [-0.3, -0.25) is 4.79 Å². The zero-order chi connectivity index (χ0) is 21.0. The van der Waals surface area contributed by atoms with Crippen molar-refractivity contribution in [1.82, 2.24) is 4.98 Å². The average Bonchev–Trinajstić information content (AvgIpc) is 2.63. The SMILES string of the molecule is Cc1ccc(C(=O)Nc2ccc(Oc3ccccc3OC(F)(F)F)cc2)c(N)n1. The van der Waals surface area contributed by atoms with Crippen molar-refractivity contribution in [2.75, 3.05) is 11.1 Å². The Morgan fingerprint density at radius 3 is 2.28 bits per heavy atom. The quantitative estimate of drug-likeness (QED) is 0.632. The average molecular weight is 403 g/mol. The predicted octanol–water partition coefficient (Wildman–Crippen LogP) is 4.92. The van der Waals surface area contributed by atoms with Gasteiger partial charge in [-0.1, -0.05) is 12.1 Å². The topological polar surface area (TPSA) is 86.5 Å². The lowest BCUT2D eigenvalue weighted by Crippen LogP contribution is -2.17. The summed E-state index contributed by atoms with van der Waals surface area (Å²) >= 11 is 0. The molecule has 9 heteroatoms. The monoisotopic (exact) mass is 403 g/mol. The Hall–Kier alpha value is -3.75. The van der Waals surface area contributed by atoms with Crippen LogP contribution in [0.1, 0.15) is 16.1 Å². The molecule has 0 radical (unpaired) electrons. The van der Waals surface area contributed by atoms with Gasteiger partial charge in [-0.05, 0) is 55.5 Å². The molecule has 3 rings (SSSR count). The second kappa shape index (κ2) is 8.09. The molecular formula is C20H16F3N3O3. The van der Waals surface area contributed by atoms with E-state index in [0.29, 0.717) is 11.4 Å². The zero-order valence-corrected chi connectivity index (χ0v) is 15.2. The third kappa shape index (κ3) is 5.38. The van der Waals surface area contributed by atoms with E-state index in [1.165, 1.54) is 42.5 Å². The molecule has 3 N–H and O–H groups in total. The first-order chi connectivity index (χ1) is 13.7. The number of hydrogen-bond donors (Lipinski definition) is 2. The van der Waals surface area contributed by atoms with Crippen LogP contribution in [-0.4, -0.2) is 17.3 Å². The molecule has 0 fully saturated rings. The Labute approximate surface area is 164 Å². The van der Waals surface area contributed by atoms with E-state index in [2.05, 4.69) is 15.0 Å². The normalized spacial score (nSPS) is 11.0. The van der Waals surface area contributed by atoms with Gasteiger partial charge in [0, 0.05) is 11.4 Å². The number of amides is 1. The van der Waals surface area contributed by atoms with E-state index in [4.69, 9.17) is 10.5 Å². The summed E-state index contributed by atoms with van der Waals surface area (Å²) < 4.78 is 46.9. The van der Waals surface area contributed by atoms with E-state index in [1.807, 2.05) is 0 Å². The van der Waals surface area contributed by atoms with Crippen molar-refractivity contribution in [2.45, 2.75) is 13.3 Å². The van der Waals surface area contributed by atoms with E-state index in [0.717, 1.165) is 6.07 Å². The van der Waals surface area contributed by atoms with Crippen LogP contribution in [0, 0.1) is 6.92 Å². The molecule has 150 valence electrons. The van der Waals surface area contributed by atoms with Gasteiger partial charge < -0.3 is 20.5 Å². The molecule has 2 aromatic carbocycles. The third-order valence-corrected chi connectivity index (χ3v) is 3.72. The number of carbonyl (C=O) groups is 1. The number of carbonyl (C=O) groups excluding carboxylic acids is 1. The number of ether oxygens (including phenoxy) is 2. The van der Waals surface area contributed by atoms with Crippen LogP contribution in [0.25, 0.3) is 0 Å². The summed E-state index contributed by atoms with van der Waals surface area (Å²) in [5.41, 5.74) is 7.13. The third-order valence-electron chi connectivity index (χ3n) is 3.72. The minimum atomic E-state index is -4.83. The summed E-state index contributed by atoms with van der Waals surface area (Å²) in [7, 11) is 0. The van der Waals surface area contributed by atoms with Gasteiger partial charge in [0.05, 0.1) is 5.56 Å². The molecule has 1 amide bonds. The molecule has 3 aromatic rings. The van der Waals surface area contributed by atoms with Gasteiger partial charge in [-0.25, -0.2) is 4.98 Å². The lowest BCUT2D eigenvalue weighted by Gasteiger charge is -2.14. The van der Waals surface area contributed by atoms with Gasteiger partial charge >= 0.3 is 6.36 Å². The van der Waals surface area contributed by atoms with Gasteiger partial charge in [0.15, 0.2) is 11.5 Å². The maximum atomic E-state index is 12.5. The van der Waals surface area contributed by atoms with Gasteiger partial charge in [-0.15, -0.1) is 13.2 Å². The van der Waals surface area contributed by atoms with E-state index >= 15 is 0 Å². The Morgan fingerprint density at radius 2 is 1.66 bits per heavy atom. The molecule has 1 heterocycles. The fourth-order valence-electron chi connectivity index (χ4n) is 2.44. The number of rotatable bonds is 5. The minimum Gasteiger partial charge on any atom is -0.453 e. The van der Waals surface area contributed by atoms with E-state index in [9.17, 15) is 18.0 Å². The molecule has 0 aliphatic rings. The summed E-state index contributed by atoms with van der Waals surface area (Å²) in [5, 5.41) is 2.66. The molecule has 0 saturated carbocycles. The Bertz CT molecular complexity index is 1020. The number of pyridine rings is 1. The number of nitrogens with one attached hydrogen (secondary N) is 1. The molecule has 0 saturated heterocycles. The number of benzene rings is 2. The first kappa shape index (κ1) is 20.0. The molecule has 0 atom stereocenters. The molecule has 29 heavy (non-hydrogen) atoms. The molecular weight excluding hydrogens is 387 g/mol. The fourth-order valence-corrected chi connectivity index (χ4v) is 2.44. The lowest BCUT2D eigenvalue weighted by atomic mass is 10.2. The van der Waals surface area contributed by atoms with Gasteiger partial charge in [0.2, 0.25) is 0 Å². The molecule has 0 unspecified atom stereocenters. The number of para-hydroxylation sites is 2. The van der Waals surface area contributed by atoms with Crippen LogP contribution in [0.3, 0.4) is 0 Å². The molecule has 0 aliphatic carbocycles. The van der Waals surface area contributed by atoms with Crippen LogP contribution >= 0.6 is 0 Å². The number of halogens is 3. The minimum absolute atomic E-state index is 0.0971. The second-order valence-corrected chi connectivity index (χ2v) is 5.96. The maximum Gasteiger partial charge on any atom is 0.573 e. The number of nitrogen functional groups attached to an aromatic ring is 1. The van der Waals surface area contributed by atoms with E-state index < -0.39 is 18.0 Å². The Kier molecular flexibility index (Phi) is 5.58. The number of hydrogen-bond acceptors (Lipinski definition) is 5. The van der Waals surface area contributed by atoms with E-state index in [-0.39, 0.29) is 22.9 Å². The summed E-state index contributed by atoms with van der Waals surface area (Å²) in [6, 6.07) is 14.7. The highest BCUT2D eigenvalue weighted by Gasteiger charge is 2.32. The molecule has 1 aromatic heterocycles. The number of nitrogens with zero attached hydrogens (tertiary/aromatic N) is 1. The van der Waals surface area contributed by atoms with E-state index in [1.54, 1.807) is 19.1 Å². The van der Waals surface area contributed by atoms with Crippen molar-refractivity contribution in [3.63, 3.8) is 0 Å². The van der Waals surface area contributed by atoms with Crippen molar-refractivity contribution >= 4 is 17.4 Å². The van der Waals surface area contributed by atoms with Crippen LogP contribution in [-0.2, 0) is 0 Å². The molecule has 0 aliphatic heterocycles. The Morgan fingerprint density at radius 1 is 1.00 bits per heavy atom. The van der Waals surface area contributed by atoms with Gasteiger partial charge in [-0.2, -0.15) is 0 Å². The predicted molar refractivity (Wildman–Crippen MR) is 101 cm³/mol. The highest BCUT2D eigenvalue weighted by atomic mass is 19.4. The molecule has 6 nitrogen and oxygen atoms in total. The number of nitrogens with two attached hydrogens (primary N) is 1. The summed E-state index contributed by atoms with van der Waals surface area (Å²) in [6.07, 6.45) is -4.83. The zero-order valence-electron chi connectivity index (χ0n) is 15.2. The Balaban J connectivity index is 1.70. The van der Waals surface area contributed by atoms with Crippen molar-refractivity contribution < 1.29 is 27.4 Å². The second-order valence-electron chi connectivity index (χ2n) is 5.96. The standard InChI is InChI=1S/C20H16F3N3O3/c1-12-6-11-15(18(24)25-12)19(27)26-13-7-9-14(10-8-13)28-16-4-2-3-5-17(16)29-20(21,22)23/h2-11H,1H3,(H2,24,25)(H,26,27). The summed E-state index contributed by atoms with van der Waals surface area (Å²) in [4.78, 5) is 16.4. The van der Waals surface area contributed by atoms with Crippen LogP contribution in [0.4, 0.5) is 24.7 Å². The van der Waals surface area contributed by atoms with Gasteiger partial charge in [0.1, 0.15) is 11.6 Å². The van der Waals surface area contributed by atoms with Crippen molar-refractivity contribution in [2.24, 2.45) is 0 Å². The van der Waals surface area contributed by atoms with Crippen molar-refractivity contribution in [3.05, 3.63) is 71.9 Å². The van der Waals surface area contributed by atoms with Crippen LogP contribution in [0.15, 0.2) is 60.7 Å². The lowest BCUT2D eigenvalue weighted by molar-refractivity contribution is -0.275. The fraction of sp³-hybridized carbons (Fsp3) is 0.100. The smallest absolute Gasteiger partial charge is 0.453 e. The van der Waals surface area contributed by atoms with Crippen LogP contribution < -0.4 is 20.5 Å². The van der Waals surface area contributed by atoms with Crippen LogP contribution in [0.2, 0.25) is 0 Å². The first-order valence-electron chi connectivity index (χ1n) is 8.38. The van der Waals surface area contributed by atoms with Crippen molar-refractivity contribution in [3.8, 4) is 17.2 Å². The first-order valence-corrected chi connectivity index (χ1v) is 8.38. The highest BCUT2D eigenvalue weighted by molar-refractivity contribution is 6.07. The molecule has 0 spiro atoms. The summed E-state index contributed by atoms with van der Waals surface area (Å²) in [5.74, 6) is -0.617. The maximum absolute atomic E-state index is 12.5. The highest BCUT2D eigenvalue weighted by Crippen LogP contribution is 2.35. The molecule has 0 bridgehead atoms. The number of alkyl halides is 3. The van der Waals surface area contributed by atoms with Gasteiger partial charge in [0.25, 0.3) is 5.91 Å². The number of anilines is 2.